The molecule has 0 radical (unpaired) electrons. The third kappa shape index (κ3) is 3.22. The molecule has 0 aliphatic heterocycles. The number of hydrogen-bond donors (Lipinski definition) is 2. The Balaban J connectivity index is 4.28. The van der Waals surface area contributed by atoms with Gasteiger partial charge in [-0.05, 0) is 17.8 Å². The Kier molecular flexibility index (Phi) is 3.71. The molecular weight excluding hydrogens is 154 g/mol. The fraction of sp³-hybridized carbons (Fsp3) is 0.889. The molecule has 0 aliphatic rings. The number of hydrogen-bond acceptors (Lipinski definition) is 2. The molecule has 0 spiro atoms. The third-order valence-corrected chi connectivity index (χ3v) is 2.04. The summed E-state index contributed by atoms with van der Waals surface area (Å²) in [7, 11) is 0. The summed E-state index contributed by atoms with van der Waals surface area (Å²) in [5.74, 6) is -0.439. The van der Waals surface area contributed by atoms with Crippen LogP contribution in [0.2, 0.25) is 0 Å². The summed E-state index contributed by atoms with van der Waals surface area (Å²) in [6.07, 6.45) is 0.834. The number of carbonyl (C=O) groups is 1. The quantitative estimate of drug-likeness (QED) is 0.676. The minimum absolute atomic E-state index is 0.319. The van der Waals surface area contributed by atoms with E-state index in [2.05, 4.69) is 13.8 Å². The van der Waals surface area contributed by atoms with Crippen LogP contribution in [-0.4, -0.2) is 17.1 Å². The highest BCUT2D eigenvalue weighted by molar-refractivity contribution is 5.74. The van der Waals surface area contributed by atoms with E-state index in [0.717, 1.165) is 6.42 Å². The van der Waals surface area contributed by atoms with Gasteiger partial charge in [0.25, 0.3) is 0 Å². The molecule has 0 heterocycles. The fourth-order valence-electron chi connectivity index (χ4n) is 1.51. The summed E-state index contributed by atoms with van der Waals surface area (Å²) in [5, 5.41) is 8.71. The highest BCUT2D eigenvalue weighted by atomic mass is 16.4. The van der Waals surface area contributed by atoms with Gasteiger partial charge in [0, 0.05) is 0 Å². The van der Waals surface area contributed by atoms with Crippen molar-refractivity contribution >= 4 is 5.97 Å². The van der Waals surface area contributed by atoms with Crippen LogP contribution in [0.3, 0.4) is 0 Å². The van der Waals surface area contributed by atoms with Gasteiger partial charge >= 0.3 is 5.97 Å². The van der Waals surface area contributed by atoms with Crippen molar-refractivity contribution < 1.29 is 9.90 Å². The highest BCUT2D eigenvalue weighted by Crippen LogP contribution is 2.28. The molecule has 1 unspecified atom stereocenters. The molecule has 1 atom stereocenters. The van der Waals surface area contributed by atoms with Crippen molar-refractivity contribution in [3.05, 3.63) is 0 Å². The molecule has 0 saturated carbocycles. The first-order valence-electron chi connectivity index (χ1n) is 4.25. The van der Waals surface area contributed by atoms with E-state index in [9.17, 15) is 4.79 Å². The van der Waals surface area contributed by atoms with Gasteiger partial charge in [-0.2, -0.15) is 0 Å². The van der Waals surface area contributed by atoms with E-state index in [4.69, 9.17) is 10.8 Å². The zero-order valence-corrected chi connectivity index (χ0v) is 8.29. The van der Waals surface area contributed by atoms with Crippen LogP contribution in [0.25, 0.3) is 0 Å². The lowest BCUT2D eigenvalue weighted by Crippen LogP contribution is -2.44. The molecule has 0 bridgehead atoms. The Hall–Kier alpha value is -0.570. The van der Waals surface area contributed by atoms with Gasteiger partial charge in [0.05, 0.1) is 0 Å². The van der Waals surface area contributed by atoms with E-state index in [1.807, 2.05) is 13.8 Å². The maximum Gasteiger partial charge on any atom is 0.321 e. The second-order valence-electron chi connectivity index (χ2n) is 4.40. The second kappa shape index (κ2) is 3.90. The Morgan fingerprint density at radius 1 is 1.50 bits per heavy atom. The van der Waals surface area contributed by atoms with E-state index in [-0.39, 0.29) is 5.41 Å². The minimum atomic E-state index is -0.916. The van der Waals surface area contributed by atoms with Crippen LogP contribution in [-0.2, 0) is 4.79 Å². The van der Waals surface area contributed by atoms with Gasteiger partial charge < -0.3 is 10.8 Å². The van der Waals surface area contributed by atoms with E-state index in [1.54, 1.807) is 0 Å². The molecule has 0 aromatic carbocycles. The van der Waals surface area contributed by atoms with Crippen LogP contribution in [0.1, 0.15) is 34.1 Å². The molecule has 3 nitrogen and oxygen atoms in total. The fourth-order valence-corrected chi connectivity index (χ4v) is 1.51. The first-order chi connectivity index (χ1) is 5.27. The minimum Gasteiger partial charge on any atom is -0.480 e. The van der Waals surface area contributed by atoms with Gasteiger partial charge in [0.1, 0.15) is 6.04 Å². The number of aliphatic carboxylic acids is 1. The smallest absolute Gasteiger partial charge is 0.321 e. The van der Waals surface area contributed by atoms with E-state index in [0.29, 0.717) is 5.92 Å². The monoisotopic (exact) mass is 173 g/mol. The standard InChI is InChI=1S/C9H19NO2/c1-6(2)5-9(3,4)7(10)8(11)12/h6-7H,5,10H2,1-4H3,(H,11,12). The Morgan fingerprint density at radius 3 is 2.17 bits per heavy atom. The molecule has 0 aromatic heterocycles. The van der Waals surface area contributed by atoms with Gasteiger partial charge in [0.2, 0.25) is 0 Å². The molecule has 3 N–H and O–H groups in total. The average molecular weight is 173 g/mol. The van der Waals surface area contributed by atoms with Crippen molar-refractivity contribution in [3.8, 4) is 0 Å². The first-order valence-corrected chi connectivity index (χ1v) is 4.25. The summed E-state index contributed by atoms with van der Waals surface area (Å²) in [4.78, 5) is 10.6. The largest absolute Gasteiger partial charge is 0.480 e. The Bertz CT molecular complexity index is 164. The van der Waals surface area contributed by atoms with Crippen LogP contribution < -0.4 is 5.73 Å². The predicted octanol–water partition coefficient (Wildman–Crippen LogP) is 1.47. The summed E-state index contributed by atoms with van der Waals surface area (Å²) in [6, 6.07) is -0.764. The lowest BCUT2D eigenvalue weighted by Gasteiger charge is -2.30. The molecule has 12 heavy (non-hydrogen) atoms. The molecule has 0 saturated heterocycles. The van der Waals surface area contributed by atoms with Gasteiger partial charge in [-0.3, -0.25) is 4.79 Å². The average Bonchev–Trinajstić information content (AvgIpc) is 1.82. The predicted molar refractivity (Wildman–Crippen MR) is 48.8 cm³/mol. The van der Waals surface area contributed by atoms with Crippen molar-refractivity contribution in [2.45, 2.75) is 40.2 Å². The SMILES string of the molecule is CC(C)CC(C)(C)C(N)C(=O)O. The van der Waals surface area contributed by atoms with Gasteiger partial charge in [-0.25, -0.2) is 0 Å². The normalized spacial score (nSPS) is 14.8. The van der Waals surface area contributed by atoms with Crippen LogP contribution >= 0.6 is 0 Å². The zero-order valence-electron chi connectivity index (χ0n) is 8.29. The molecule has 3 heteroatoms. The summed E-state index contributed by atoms with van der Waals surface area (Å²) < 4.78 is 0. The second-order valence-corrected chi connectivity index (χ2v) is 4.40. The first kappa shape index (κ1) is 11.4. The van der Waals surface area contributed by atoms with Gasteiger partial charge in [-0.1, -0.05) is 27.7 Å². The lowest BCUT2D eigenvalue weighted by atomic mass is 9.78. The van der Waals surface area contributed by atoms with Crippen LogP contribution in [0.4, 0.5) is 0 Å². The highest BCUT2D eigenvalue weighted by Gasteiger charge is 2.32. The molecule has 0 aromatic rings. The molecule has 0 aliphatic carbocycles. The maximum atomic E-state index is 10.6. The Morgan fingerprint density at radius 2 is 1.92 bits per heavy atom. The van der Waals surface area contributed by atoms with Crippen molar-refractivity contribution in [1.82, 2.24) is 0 Å². The summed E-state index contributed by atoms with van der Waals surface area (Å²) >= 11 is 0. The summed E-state index contributed by atoms with van der Waals surface area (Å²) in [5.41, 5.74) is 5.22. The number of nitrogens with two attached hydrogens (primary N) is 1. The molecule has 0 amide bonds. The maximum absolute atomic E-state index is 10.6. The van der Waals surface area contributed by atoms with Crippen LogP contribution in [0.5, 0.6) is 0 Å². The molecule has 0 fully saturated rings. The summed E-state index contributed by atoms with van der Waals surface area (Å²) in [6.45, 7) is 7.92. The number of rotatable bonds is 4. The van der Waals surface area contributed by atoms with Gasteiger partial charge in [0.15, 0.2) is 0 Å². The Labute approximate surface area is 74.0 Å². The van der Waals surface area contributed by atoms with Crippen molar-refractivity contribution in [2.24, 2.45) is 17.1 Å². The van der Waals surface area contributed by atoms with Gasteiger partial charge in [-0.15, -0.1) is 0 Å². The van der Waals surface area contributed by atoms with Crippen LogP contribution in [0, 0.1) is 11.3 Å². The number of carboxylic acids is 1. The molecule has 0 rings (SSSR count). The van der Waals surface area contributed by atoms with E-state index >= 15 is 0 Å². The van der Waals surface area contributed by atoms with E-state index < -0.39 is 12.0 Å². The zero-order chi connectivity index (χ0) is 9.94. The number of carboxylic acid groups (broad SMARTS) is 1. The molecule has 72 valence electrons. The van der Waals surface area contributed by atoms with Crippen molar-refractivity contribution in [2.75, 3.05) is 0 Å². The molecular formula is C9H19NO2. The lowest BCUT2D eigenvalue weighted by molar-refractivity contribution is -0.141. The van der Waals surface area contributed by atoms with Crippen molar-refractivity contribution in [3.63, 3.8) is 0 Å². The van der Waals surface area contributed by atoms with E-state index in [1.165, 1.54) is 0 Å². The topological polar surface area (TPSA) is 63.3 Å². The van der Waals surface area contributed by atoms with Crippen molar-refractivity contribution in [1.29, 1.82) is 0 Å². The third-order valence-electron chi connectivity index (χ3n) is 2.04. The van der Waals surface area contributed by atoms with Crippen LogP contribution in [0.15, 0.2) is 0 Å².